The SMILES string of the molecule is CC1CCC(NCc2ccc(C(=O)O)cc2)C1C. The van der Waals surface area contributed by atoms with Crippen LogP contribution in [0.15, 0.2) is 24.3 Å². The van der Waals surface area contributed by atoms with Crippen LogP contribution in [0.3, 0.4) is 0 Å². The topological polar surface area (TPSA) is 49.3 Å². The summed E-state index contributed by atoms with van der Waals surface area (Å²) in [5.74, 6) is 0.660. The van der Waals surface area contributed by atoms with Gasteiger partial charge in [0.2, 0.25) is 0 Å². The van der Waals surface area contributed by atoms with E-state index in [1.807, 2.05) is 12.1 Å². The molecule has 2 N–H and O–H groups in total. The molecule has 18 heavy (non-hydrogen) atoms. The lowest BCUT2D eigenvalue weighted by Gasteiger charge is -2.19. The Hall–Kier alpha value is -1.35. The lowest BCUT2D eigenvalue weighted by molar-refractivity contribution is 0.0697. The van der Waals surface area contributed by atoms with Crippen LogP contribution in [0.5, 0.6) is 0 Å². The molecule has 0 saturated heterocycles. The van der Waals surface area contributed by atoms with Gasteiger partial charge in [0, 0.05) is 12.6 Å². The van der Waals surface area contributed by atoms with Crippen LogP contribution in [0.4, 0.5) is 0 Å². The summed E-state index contributed by atoms with van der Waals surface area (Å²) in [6.07, 6.45) is 2.55. The van der Waals surface area contributed by atoms with Gasteiger partial charge in [-0.25, -0.2) is 4.79 Å². The Morgan fingerprint density at radius 1 is 1.28 bits per heavy atom. The first kappa shape index (κ1) is 13.1. The second kappa shape index (κ2) is 5.53. The highest BCUT2D eigenvalue weighted by molar-refractivity contribution is 5.87. The number of nitrogens with one attached hydrogen (secondary N) is 1. The fraction of sp³-hybridized carbons (Fsp3) is 0.533. The molecule has 1 aliphatic carbocycles. The third-order valence-electron chi connectivity index (χ3n) is 4.23. The molecule has 0 spiro atoms. The summed E-state index contributed by atoms with van der Waals surface area (Å²) in [6.45, 7) is 5.44. The Kier molecular flexibility index (Phi) is 4.02. The maximum atomic E-state index is 10.7. The van der Waals surface area contributed by atoms with Crippen LogP contribution in [-0.2, 0) is 6.54 Å². The van der Waals surface area contributed by atoms with Gasteiger partial charge in [-0.1, -0.05) is 26.0 Å². The van der Waals surface area contributed by atoms with Crippen molar-refractivity contribution in [2.75, 3.05) is 0 Å². The van der Waals surface area contributed by atoms with E-state index in [1.165, 1.54) is 12.8 Å². The largest absolute Gasteiger partial charge is 0.478 e. The second-order valence-electron chi connectivity index (χ2n) is 5.40. The van der Waals surface area contributed by atoms with Crippen molar-refractivity contribution in [3.63, 3.8) is 0 Å². The molecule has 1 saturated carbocycles. The monoisotopic (exact) mass is 247 g/mol. The molecule has 0 amide bonds. The highest BCUT2D eigenvalue weighted by Gasteiger charge is 2.28. The summed E-state index contributed by atoms with van der Waals surface area (Å²) in [4.78, 5) is 10.7. The van der Waals surface area contributed by atoms with Crippen molar-refractivity contribution in [2.24, 2.45) is 11.8 Å². The maximum absolute atomic E-state index is 10.7. The fourth-order valence-electron chi connectivity index (χ4n) is 2.67. The third kappa shape index (κ3) is 2.91. The Balaban J connectivity index is 1.89. The number of rotatable bonds is 4. The van der Waals surface area contributed by atoms with Crippen molar-refractivity contribution >= 4 is 5.97 Å². The molecule has 3 heteroatoms. The minimum absolute atomic E-state index is 0.349. The zero-order valence-corrected chi connectivity index (χ0v) is 11.0. The van der Waals surface area contributed by atoms with Crippen LogP contribution >= 0.6 is 0 Å². The zero-order chi connectivity index (χ0) is 13.1. The Labute approximate surface area is 108 Å². The van der Waals surface area contributed by atoms with E-state index in [1.54, 1.807) is 12.1 Å². The summed E-state index contributed by atoms with van der Waals surface area (Å²) in [7, 11) is 0. The fourth-order valence-corrected chi connectivity index (χ4v) is 2.67. The summed E-state index contributed by atoms with van der Waals surface area (Å²) >= 11 is 0. The third-order valence-corrected chi connectivity index (χ3v) is 4.23. The van der Waals surface area contributed by atoms with E-state index in [0.717, 1.165) is 23.9 Å². The lowest BCUT2D eigenvalue weighted by atomic mass is 9.97. The minimum Gasteiger partial charge on any atom is -0.478 e. The molecule has 1 aromatic carbocycles. The predicted molar refractivity (Wildman–Crippen MR) is 71.6 cm³/mol. The van der Waals surface area contributed by atoms with E-state index in [2.05, 4.69) is 19.2 Å². The molecule has 1 fully saturated rings. The van der Waals surface area contributed by atoms with Crippen LogP contribution in [-0.4, -0.2) is 17.1 Å². The number of carbonyl (C=O) groups is 1. The molecule has 3 nitrogen and oxygen atoms in total. The van der Waals surface area contributed by atoms with Gasteiger partial charge in [-0.2, -0.15) is 0 Å². The van der Waals surface area contributed by atoms with Crippen molar-refractivity contribution in [3.05, 3.63) is 35.4 Å². The number of aromatic carboxylic acids is 1. The van der Waals surface area contributed by atoms with Gasteiger partial charge in [-0.15, -0.1) is 0 Å². The highest BCUT2D eigenvalue weighted by atomic mass is 16.4. The lowest BCUT2D eigenvalue weighted by Crippen LogP contribution is -2.31. The standard InChI is InChI=1S/C15H21NO2/c1-10-3-8-14(11(10)2)16-9-12-4-6-13(7-5-12)15(17)18/h4-7,10-11,14,16H,3,8-9H2,1-2H3,(H,17,18). The summed E-state index contributed by atoms with van der Waals surface area (Å²) < 4.78 is 0. The maximum Gasteiger partial charge on any atom is 0.335 e. The summed E-state index contributed by atoms with van der Waals surface area (Å²) in [5.41, 5.74) is 1.49. The number of benzene rings is 1. The van der Waals surface area contributed by atoms with E-state index in [-0.39, 0.29) is 0 Å². The molecule has 0 heterocycles. The number of carboxylic acids is 1. The average molecular weight is 247 g/mol. The average Bonchev–Trinajstić information content (AvgIpc) is 2.68. The van der Waals surface area contributed by atoms with Gasteiger partial charge in [0.05, 0.1) is 5.56 Å². The summed E-state index contributed by atoms with van der Waals surface area (Å²) in [5, 5.41) is 12.4. The highest BCUT2D eigenvalue weighted by Crippen LogP contribution is 2.31. The number of hydrogen-bond donors (Lipinski definition) is 2. The predicted octanol–water partition coefficient (Wildman–Crippen LogP) is 2.91. The minimum atomic E-state index is -0.868. The number of hydrogen-bond acceptors (Lipinski definition) is 2. The molecule has 1 aromatic rings. The van der Waals surface area contributed by atoms with Gasteiger partial charge in [-0.3, -0.25) is 0 Å². The van der Waals surface area contributed by atoms with Gasteiger partial charge in [-0.05, 0) is 42.4 Å². The normalized spacial score (nSPS) is 27.3. The Morgan fingerprint density at radius 2 is 1.94 bits per heavy atom. The first-order valence-corrected chi connectivity index (χ1v) is 6.63. The van der Waals surface area contributed by atoms with Crippen molar-refractivity contribution in [1.29, 1.82) is 0 Å². The van der Waals surface area contributed by atoms with Gasteiger partial charge in [0.25, 0.3) is 0 Å². The van der Waals surface area contributed by atoms with E-state index in [4.69, 9.17) is 5.11 Å². The van der Waals surface area contributed by atoms with E-state index < -0.39 is 5.97 Å². The van der Waals surface area contributed by atoms with E-state index >= 15 is 0 Å². The molecular weight excluding hydrogens is 226 g/mol. The smallest absolute Gasteiger partial charge is 0.335 e. The number of carboxylic acid groups (broad SMARTS) is 1. The quantitative estimate of drug-likeness (QED) is 0.860. The van der Waals surface area contributed by atoms with Gasteiger partial charge in [0.1, 0.15) is 0 Å². The molecule has 2 rings (SSSR count). The molecule has 0 aliphatic heterocycles. The Bertz CT molecular complexity index is 413. The van der Waals surface area contributed by atoms with Crippen LogP contribution in [0, 0.1) is 11.8 Å². The van der Waals surface area contributed by atoms with E-state index in [9.17, 15) is 4.79 Å². The van der Waals surface area contributed by atoms with Gasteiger partial charge < -0.3 is 10.4 Å². The molecular formula is C15H21NO2. The Morgan fingerprint density at radius 3 is 2.44 bits per heavy atom. The second-order valence-corrected chi connectivity index (χ2v) is 5.40. The van der Waals surface area contributed by atoms with Crippen LogP contribution < -0.4 is 5.32 Å². The van der Waals surface area contributed by atoms with Gasteiger partial charge >= 0.3 is 5.97 Å². The zero-order valence-electron chi connectivity index (χ0n) is 11.0. The molecule has 3 atom stereocenters. The molecule has 98 valence electrons. The molecule has 0 radical (unpaired) electrons. The first-order chi connectivity index (χ1) is 8.58. The van der Waals surface area contributed by atoms with Crippen LogP contribution in [0.25, 0.3) is 0 Å². The van der Waals surface area contributed by atoms with Crippen molar-refractivity contribution in [1.82, 2.24) is 5.32 Å². The van der Waals surface area contributed by atoms with Gasteiger partial charge in [0.15, 0.2) is 0 Å². The van der Waals surface area contributed by atoms with E-state index in [0.29, 0.717) is 11.6 Å². The molecule has 1 aliphatic rings. The van der Waals surface area contributed by atoms with Crippen LogP contribution in [0.1, 0.15) is 42.6 Å². The first-order valence-electron chi connectivity index (χ1n) is 6.63. The van der Waals surface area contributed by atoms with Crippen molar-refractivity contribution < 1.29 is 9.90 Å². The van der Waals surface area contributed by atoms with Crippen LogP contribution in [0.2, 0.25) is 0 Å². The summed E-state index contributed by atoms with van der Waals surface area (Å²) in [6, 6.07) is 7.71. The molecule has 0 bridgehead atoms. The molecule has 3 unspecified atom stereocenters. The van der Waals surface area contributed by atoms with Crippen molar-refractivity contribution in [2.45, 2.75) is 39.3 Å². The van der Waals surface area contributed by atoms with Crippen molar-refractivity contribution in [3.8, 4) is 0 Å². The molecule has 0 aromatic heterocycles.